The molecule has 2 heterocycles. The van der Waals surface area contributed by atoms with Gasteiger partial charge in [-0.05, 0) is 38.0 Å². The van der Waals surface area contributed by atoms with Gasteiger partial charge in [-0.1, -0.05) is 19.4 Å². The first-order chi connectivity index (χ1) is 11.1. The summed E-state index contributed by atoms with van der Waals surface area (Å²) in [5.74, 6) is 1.66. The van der Waals surface area contributed by atoms with Crippen molar-refractivity contribution in [3.8, 4) is 5.82 Å². The topological polar surface area (TPSA) is 67.1 Å². The predicted molar refractivity (Wildman–Crippen MR) is 93.9 cm³/mol. The summed E-state index contributed by atoms with van der Waals surface area (Å²) < 4.78 is 1.86. The van der Waals surface area contributed by atoms with Gasteiger partial charge in [-0.2, -0.15) is 5.10 Å². The minimum Gasteiger partial charge on any atom is -0.356 e. The number of guanidine groups is 1. The van der Waals surface area contributed by atoms with Crippen LogP contribution in [0.3, 0.4) is 0 Å². The monoisotopic (exact) mass is 314 g/mol. The molecule has 0 amide bonds. The van der Waals surface area contributed by atoms with Gasteiger partial charge < -0.3 is 10.6 Å². The molecule has 2 rings (SSSR count). The van der Waals surface area contributed by atoms with E-state index in [1.165, 1.54) is 6.42 Å². The molecule has 6 heteroatoms. The van der Waals surface area contributed by atoms with Crippen LogP contribution in [0.15, 0.2) is 29.4 Å². The van der Waals surface area contributed by atoms with Crippen LogP contribution in [-0.2, 0) is 6.54 Å². The van der Waals surface area contributed by atoms with Crippen LogP contribution in [0.2, 0.25) is 0 Å². The molecule has 124 valence electrons. The maximum atomic E-state index is 4.50. The molecule has 0 aliphatic carbocycles. The molecule has 23 heavy (non-hydrogen) atoms. The van der Waals surface area contributed by atoms with Crippen molar-refractivity contribution in [1.29, 1.82) is 0 Å². The van der Waals surface area contributed by atoms with E-state index in [9.17, 15) is 0 Å². The molecule has 0 spiro atoms. The summed E-state index contributed by atoms with van der Waals surface area (Å²) in [4.78, 5) is 8.72. The lowest BCUT2D eigenvalue weighted by molar-refractivity contribution is 0.728. The average molecular weight is 314 g/mol. The summed E-state index contributed by atoms with van der Waals surface area (Å²) in [6.07, 6.45) is 4.18. The Kier molecular flexibility index (Phi) is 6.14. The van der Waals surface area contributed by atoms with Gasteiger partial charge in [0, 0.05) is 32.0 Å². The van der Waals surface area contributed by atoms with Crippen LogP contribution in [-0.4, -0.2) is 34.3 Å². The molecule has 0 aliphatic rings. The third-order valence-corrected chi connectivity index (χ3v) is 3.54. The molecule has 0 fully saturated rings. The number of aromatic nitrogens is 3. The van der Waals surface area contributed by atoms with Gasteiger partial charge in [-0.15, -0.1) is 0 Å². The maximum absolute atomic E-state index is 4.50. The molecule has 2 aromatic rings. The Morgan fingerprint density at radius 3 is 2.65 bits per heavy atom. The molecule has 0 aromatic carbocycles. The maximum Gasteiger partial charge on any atom is 0.191 e. The zero-order chi connectivity index (χ0) is 16.7. The first-order valence-electron chi connectivity index (χ1n) is 8.07. The van der Waals surface area contributed by atoms with E-state index in [1.807, 2.05) is 36.9 Å². The van der Waals surface area contributed by atoms with Crippen LogP contribution < -0.4 is 10.6 Å². The van der Waals surface area contributed by atoms with Gasteiger partial charge in [0.25, 0.3) is 0 Å². The second kappa shape index (κ2) is 8.31. The van der Waals surface area contributed by atoms with Gasteiger partial charge in [-0.3, -0.25) is 4.99 Å². The number of aliphatic imine (C=N–C) groups is 1. The van der Waals surface area contributed by atoms with E-state index in [0.29, 0.717) is 6.54 Å². The van der Waals surface area contributed by atoms with Crippen molar-refractivity contribution in [3.63, 3.8) is 0 Å². The highest BCUT2D eigenvalue weighted by atomic mass is 15.3. The summed E-state index contributed by atoms with van der Waals surface area (Å²) in [7, 11) is 1.78. The number of unbranched alkanes of at least 4 members (excludes halogenated alkanes) is 1. The standard InChI is InChI=1S/C17H26N6/c1-5-6-9-19-17(18-4)21-12-15-7-8-16(20-11-15)23-14(3)10-13(2)22-23/h7-8,10-11H,5-6,9,12H2,1-4H3,(H2,18,19,21). The predicted octanol–water partition coefficient (Wildman–Crippen LogP) is 2.35. The molecule has 2 aromatic heterocycles. The molecule has 0 radical (unpaired) electrons. The van der Waals surface area contributed by atoms with Crippen LogP contribution in [0, 0.1) is 13.8 Å². The number of aryl methyl sites for hydroxylation is 2. The second-order valence-electron chi connectivity index (χ2n) is 5.57. The number of hydrogen-bond acceptors (Lipinski definition) is 3. The van der Waals surface area contributed by atoms with Crippen LogP contribution in [0.1, 0.15) is 36.7 Å². The minimum atomic E-state index is 0.691. The lowest BCUT2D eigenvalue weighted by Crippen LogP contribution is -2.37. The molecular formula is C17H26N6. The molecule has 0 aliphatic heterocycles. The van der Waals surface area contributed by atoms with Crippen molar-refractivity contribution in [2.24, 2.45) is 4.99 Å². The molecule has 6 nitrogen and oxygen atoms in total. The van der Waals surface area contributed by atoms with Gasteiger partial charge >= 0.3 is 0 Å². The van der Waals surface area contributed by atoms with E-state index in [0.717, 1.165) is 41.7 Å². The fraction of sp³-hybridized carbons (Fsp3) is 0.471. The summed E-state index contributed by atoms with van der Waals surface area (Å²) in [6, 6.07) is 6.10. The van der Waals surface area contributed by atoms with Gasteiger partial charge in [0.2, 0.25) is 0 Å². The first kappa shape index (κ1) is 17.0. The van der Waals surface area contributed by atoms with E-state index in [-0.39, 0.29) is 0 Å². The smallest absolute Gasteiger partial charge is 0.191 e. The Morgan fingerprint density at radius 2 is 2.09 bits per heavy atom. The number of pyridine rings is 1. The number of nitrogens with one attached hydrogen (secondary N) is 2. The van der Waals surface area contributed by atoms with Gasteiger partial charge in [-0.25, -0.2) is 9.67 Å². The molecule has 2 N–H and O–H groups in total. The fourth-order valence-electron chi connectivity index (χ4n) is 2.30. The highest BCUT2D eigenvalue weighted by Crippen LogP contribution is 2.10. The van der Waals surface area contributed by atoms with Gasteiger partial charge in [0.1, 0.15) is 0 Å². The van der Waals surface area contributed by atoms with Crippen molar-refractivity contribution >= 4 is 5.96 Å². The first-order valence-corrected chi connectivity index (χ1v) is 8.07. The van der Waals surface area contributed by atoms with Crippen molar-refractivity contribution in [3.05, 3.63) is 41.3 Å². The van der Waals surface area contributed by atoms with Gasteiger partial charge in [0.15, 0.2) is 11.8 Å². The zero-order valence-corrected chi connectivity index (χ0v) is 14.4. The molecule has 0 saturated carbocycles. The Balaban J connectivity index is 1.93. The molecular weight excluding hydrogens is 288 g/mol. The quantitative estimate of drug-likeness (QED) is 0.488. The van der Waals surface area contributed by atoms with Crippen LogP contribution >= 0.6 is 0 Å². The van der Waals surface area contributed by atoms with Gasteiger partial charge in [0.05, 0.1) is 5.69 Å². The van der Waals surface area contributed by atoms with E-state index in [2.05, 4.69) is 38.7 Å². The number of hydrogen-bond donors (Lipinski definition) is 2. The highest BCUT2D eigenvalue weighted by molar-refractivity contribution is 5.79. The minimum absolute atomic E-state index is 0.691. The zero-order valence-electron chi connectivity index (χ0n) is 14.4. The summed E-state index contributed by atoms with van der Waals surface area (Å²) in [5, 5.41) is 11.0. The highest BCUT2D eigenvalue weighted by Gasteiger charge is 2.05. The summed E-state index contributed by atoms with van der Waals surface area (Å²) in [5.41, 5.74) is 3.19. The molecule has 0 atom stereocenters. The average Bonchev–Trinajstić information content (AvgIpc) is 2.90. The van der Waals surface area contributed by atoms with Crippen molar-refractivity contribution in [1.82, 2.24) is 25.4 Å². The van der Waals surface area contributed by atoms with E-state index in [1.54, 1.807) is 7.05 Å². The summed E-state index contributed by atoms with van der Waals surface area (Å²) in [6.45, 7) is 7.82. The summed E-state index contributed by atoms with van der Waals surface area (Å²) >= 11 is 0. The lowest BCUT2D eigenvalue weighted by atomic mass is 10.3. The van der Waals surface area contributed by atoms with Crippen LogP contribution in [0.25, 0.3) is 5.82 Å². The van der Waals surface area contributed by atoms with Crippen molar-refractivity contribution < 1.29 is 0 Å². The Morgan fingerprint density at radius 1 is 1.26 bits per heavy atom. The van der Waals surface area contributed by atoms with Crippen molar-refractivity contribution in [2.45, 2.75) is 40.2 Å². The lowest BCUT2D eigenvalue weighted by Gasteiger charge is -2.11. The molecule has 0 bridgehead atoms. The SMILES string of the molecule is CCCCNC(=NC)NCc1ccc(-n2nc(C)cc2C)nc1. The fourth-order valence-corrected chi connectivity index (χ4v) is 2.30. The van der Waals surface area contributed by atoms with E-state index in [4.69, 9.17) is 0 Å². The Labute approximate surface area is 138 Å². The molecule has 0 saturated heterocycles. The number of rotatable bonds is 6. The second-order valence-corrected chi connectivity index (χ2v) is 5.57. The third-order valence-electron chi connectivity index (χ3n) is 3.54. The van der Waals surface area contributed by atoms with Crippen LogP contribution in [0.4, 0.5) is 0 Å². The Bertz CT molecular complexity index is 642. The third kappa shape index (κ3) is 4.81. The van der Waals surface area contributed by atoms with E-state index < -0.39 is 0 Å². The van der Waals surface area contributed by atoms with Crippen LogP contribution in [0.5, 0.6) is 0 Å². The number of nitrogens with zero attached hydrogens (tertiary/aromatic N) is 4. The largest absolute Gasteiger partial charge is 0.356 e. The molecule has 0 unspecified atom stereocenters. The van der Waals surface area contributed by atoms with Crippen molar-refractivity contribution in [2.75, 3.05) is 13.6 Å². The van der Waals surface area contributed by atoms with E-state index >= 15 is 0 Å². The Hall–Kier alpha value is -2.37. The normalized spacial score (nSPS) is 11.6.